The van der Waals surface area contributed by atoms with Crippen molar-refractivity contribution in [2.24, 2.45) is 0 Å². The number of aromatic nitrogens is 1. The summed E-state index contributed by atoms with van der Waals surface area (Å²) in [6.07, 6.45) is 0. The van der Waals surface area contributed by atoms with Crippen LogP contribution in [0.1, 0.15) is 0 Å². The molecule has 0 atom stereocenters. The fourth-order valence-electron chi connectivity index (χ4n) is 6.06. The van der Waals surface area contributed by atoms with Crippen LogP contribution in [-0.2, 0) is 0 Å². The average molecular weight is 571 g/mol. The summed E-state index contributed by atoms with van der Waals surface area (Å²) in [5.74, 6) is 0.945. The summed E-state index contributed by atoms with van der Waals surface area (Å²) in [6, 6.07) is 54.4. The van der Waals surface area contributed by atoms with Gasteiger partial charge in [0, 0.05) is 21.8 Å². The molecular formula is C40H34N2Si. The summed E-state index contributed by atoms with van der Waals surface area (Å²) in [5, 5.41) is 6.05. The first-order valence-corrected chi connectivity index (χ1v) is 18.4. The third kappa shape index (κ3) is 5.02. The molecular weight excluding hydrogens is 537 g/mol. The molecule has 208 valence electrons. The van der Waals surface area contributed by atoms with Crippen LogP contribution in [0.15, 0.2) is 152 Å². The van der Waals surface area contributed by atoms with Crippen molar-refractivity contribution in [1.29, 1.82) is 0 Å². The van der Waals surface area contributed by atoms with E-state index in [-0.39, 0.29) is 0 Å². The van der Waals surface area contributed by atoms with Gasteiger partial charge in [-0.25, -0.2) is 4.98 Å². The van der Waals surface area contributed by atoms with Crippen molar-refractivity contribution in [1.82, 2.24) is 4.98 Å². The normalized spacial score (nSPS) is 11.6. The molecule has 0 bridgehead atoms. The highest BCUT2D eigenvalue weighted by atomic mass is 28.3. The summed E-state index contributed by atoms with van der Waals surface area (Å²) >= 11 is 0. The zero-order chi connectivity index (χ0) is 29.4. The molecule has 2 nitrogen and oxygen atoms in total. The van der Waals surface area contributed by atoms with Crippen LogP contribution in [0.3, 0.4) is 0 Å². The van der Waals surface area contributed by atoms with Gasteiger partial charge in [-0.05, 0) is 63.4 Å². The van der Waals surface area contributed by atoms with E-state index < -0.39 is 8.07 Å². The molecule has 0 saturated heterocycles. The summed E-state index contributed by atoms with van der Waals surface area (Å²) in [5.41, 5.74) is 7.15. The number of benzene rings is 6. The SMILES string of the molecule is C[Si](C)(C)c1cccc(N(c2ccccc2)c2c3ccccc3c(-c3cccc(-c4ccccc4)c3)c3ccccc23)n1. The molecule has 0 saturated carbocycles. The molecule has 0 aliphatic heterocycles. The Hall–Kier alpha value is -4.99. The summed E-state index contributed by atoms with van der Waals surface area (Å²) < 4.78 is 0. The van der Waals surface area contributed by atoms with Gasteiger partial charge in [-0.1, -0.05) is 141 Å². The molecule has 0 radical (unpaired) electrons. The number of hydrogen-bond donors (Lipinski definition) is 0. The van der Waals surface area contributed by atoms with Gasteiger partial charge in [-0.3, -0.25) is 4.90 Å². The maximum absolute atomic E-state index is 5.32. The van der Waals surface area contributed by atoms with Crippen molar-refractivity contribution < 1.29 is 0 Å². The van der Waals surface area contributed by atoms with E-state index in [9.17, 15) is 0 Å². The molecule has 0 spiro atoms. The first-order chi connectivity index (χ1) is 21.0. The minimum atomic E-state index is -1.64. The molecule has 0 amide bonds. The van der Waals surface area contributed by atoms with E-state index in [0.717, 1.165) is 17.2 Å². The second-order valence-electron chi connectivity index (χ2n) is 12.1. The maximum Gasteiger partial charge on any atom is 0.137 e. The van der Waals surface area contributed by atoms with Crippen LogP contribution >= 0.6 is 0 Å². The van der Waals surface area contributed by atoms with Crippen LogP contribution in [0.5, 0.6) is 0 Å². The number of fused-ring (bicyclic) bond motifs is 2. The molecule has 7 aromatic rings. The van der Waals surface area contributed by atoms with Crippen LogP contribution < -0.4 is 10.2 Å². The van der Waals surface area contributed by atoms with E-state index in [1.165, 1.54) is 49.1 Å². The molecule has 6 aromatic carbocycles. The first-order valence-electron chi connectivity index (χ1n) is 14.9. The lowest BCUT2D eigenvalue weighted by molar-refractivity contribution is 1.21. The standard InChI is InChI=1S/C40H34N2Si/c1-43(2,3)38-27-15-26-37(41-38)42(32-20-8-5-9-21-32)40-35-24-12-10-22-33(35)39(34-23-11-13-25-36(34)40)31-19-14-18-30(28-31)29-16-6-4-7-17-29/h4-28H,1-3H3. The van der Waals surface area contributed by atoms with E-state index in [4.69, 9.17) is 4.98 Å². The van der Waals surface area contributed by atoms with Crippen molar-refractivity contribution in [2.75, 3.05) is 4.90 Å². The Morgan fingerprint density at radius 3 is 1.60 bits per heavy atom. The van der Waals surface area contributed by atoms with Crippen LogP contribution in [0.4, 0.5) is 17.2 Å². The highest BCUT2D eigenvalue weighted by Gasteiger charge is 2.25. The Balaban J connectivity index is 1.55. The van der Waals surface area contributed by atoms with Gasteiger partial charge in [-0.15, -0.1) is 0 Å². The van der Waals surface area contributed by atoms with Gasteiger partial charge < -0.3 is 0 Å². The molecule has 1 aromatic heterocycles. The molecule has 43 heavy (non-hydrogen) atoms. The van der Waals surface area contributed by atoms with Crippen LogP contribution in [-0.4, -0.2) is 13.1 Å². The van der Waals surface area contributed by atoms with Crippen molar-refractivity contribution in [3.05, 3.63) is 152 Å². The molecule has 7 rings (SSSR count). The van der Waals surface area contributed by atoms with E-state index in [2.05, 4.69) is 176 Å². The summed E-state index contributed by atoms with van der Waals surface area (Å²) in [7, 11) is -1.64. The predicted molar refractivity (Wildman–Crippen MR) is 188 cm³/mol. The van der Waals surface area contributed by atoms with Crippen LogP contribution in [0, 0.1) is 0 Å². The zero-order valence-corrected chi connectivity index (χ0v) is 25.8. The molecule has 0 unspecified atom stereocenters. The first kappa shape index (κ1) is 26.9. The van der Waals surface area contributed by atoms with Gasteiger partial charge in [0.1, 0.15) is 13.9 Å². The Bertz CT molecular complexity index is 2000. The van der Waals surface area contributed by atoms with Crippen molar-refractivity contribution in [2.45, 2.75) is 19.6 Å². The lowest BCUT2D eigenvalue weighted by Crippen LogP contribution is -2.40. The second kappa shape index (κ2) is 11.0. The fraction of sp³-hybridized carbons (Fsp3) is 0.0750. The quantitative estimate of drug-likeness (QED) is 0.146. The Morgan fingerprint density at radius 2 is 0.977 bits per heavy atom. The van der Waals surface area contributed by atoms with Gasteiger partial charge in [0.2, 0.25) is 0 Å². The molecule has 3 heteroatoms. The Labute approximate surface area is 254 Å². The third-order valence-electron chi connectivity index (χ3n) is 8.13. The van der Waals surface area contributed by atoms with E-state index >= 15 is 0 Å². The summed E-state index contributed by atoms with van der Waals surface area (Å²) in [4.78, 5) is 7.68. The van der Waals surface area contributed by atoms with Crippen LogP contribution in [0.2, 0.25) is 19.6 Å². The van der Waals surface area contributed by atoms with Crippen LogP contribution in [0.25, 0.3) is 43.8 Å². The minimum absolute atomic E-state index is 0.945. The lowest BCUT2D eigenvalue weighted by atomic mass is 9.89. The van der Waals surface area contributed by atoms with Gasteiger partial charge in [0.15, 0.2) is 0 Å². The van der Waals surface area contributed by atoms with E-state index in [0.29, 0.717) is 0 Å². The average Bonchev–Trinajstić information content (AvgIpc) is 3.05. The predicted octanol–water partition coefficient (Wildman–Crippen LogP) is 10.7. The van der Waals surface area contributed by atoms with Gasteiger partial charge in [0.25, 0.3) is 0 Å². The third-order valence-corrected chi connectivity index (χ3v) is 9.95. The number of para-hydroxylation sites is 1. The molecule has 0 fully saturated rings. The number of hydrogen-bond acceptors (Lipinski definition) is 2. The summed E-state index contributed by atoms with van der Waals surface area (Å²) in [6.45, 7) is 7.07. The zero-order valence-electron chi connectivity index (χ0n) is 24.8. The van der Waals surface area contributed by atoms with E-state index in [1.54, 1.807) is 0 Å². The number of nitrogens with zero attached hydrogens (tertiary/aromatic N) is 2. The van der Waals surface area contributed by atoms with Gasteiger partial charge >= 0.3 is 0 Å². The second-order valence-corrected chi connectivity index (χ2v) is 17.1. The van der Waals surface area contributed by atoms with E-state index in [1.807, 2.05) is 0 Å². The molecule has 0 N–H and O–H groups in total. The molecule has 1 heterocycles. The monoisotopic (exact) mass is 570 g/mol. The number of rotatable bonds is 6. The van der Waals surface area contributed by atoms with Gasteiger partial charge in [0.05, 0.1) is 5.69 Å². The van der Waals surface area contributed by atoms with Crippen molar-refractivity contribution in [3.63, 3.8) is 0 Å². The Kier molecular flexibility index (Phi) is 6.88. The highest BCUT2D eigenvalue weighted by Crippen LogP contribution is 2.47. The highest BCUT2D eigenvalue weighted by molar-refractivity contribution is 6.88. The fourth-order valence-corrected chi connectivity index (χ4v) is 7.11. The number of anilines is 3. The van der Waals surface area contributed by atoms with Crippen molar-refractivity contribution in [3.8, 4) is 22.3 Å². The molecule has 0 aliphatic carbocycles. The topological polar surface area (TPSA) is 16.1 Å². The lowest BCUT2D eigenvalue weighted by Gasteiger charge is -2.29. The maximum atomic E-state index is 5.32. The number of pyridine rings is 1. The van der Waals surface area contributed by atoms with Crippen molar-refractivity contribution >= 4 is 52.1 Å². The smallest absolute Gasteiger partial charge is 0.137 e. The largest absolute Gasteiger partial charge is 0.294 e. The molecule has 0 aliphatic rings. The Morgan fingerprint density at radius 1 is 0.465 bits per heavy atom. The van der Waals surface area contributed by atoms with Gasteiger partial charge in [-0.2, -0.15) is 0 Å². The minimum Gasteiger partial charge on any atom is -0.294 e.